The van der Waals surface area contributed by atoms with Crippen molar-refractivity contribution in [1.29, 1.82) is 0 Å². The summed E-state index contributed by atoms with van der Waals surface area (Å²) in [6.45, 7) is 0. The smallest absolute Gasteiger partial charge is 0.125 e. The Balaban J connectivity index is 1.30. The average molecular weight is 700 g/mol. The van der Waals surface area contributed by atoms with E-state index in [2.05, 4.69) is 172 Å². The van der Waals surface area contributed by atoms with E-state index in [-0.39, 0.29) is 5.82 Å². The Hall–Kier alpha value is -6.69. The van der Waals surface area contributed by atoms with E-state index in [9.17, 15) is 0 Å². The number of halogens is 1. The Bertz CT molecular complexity index is 3210. The quantitative estimate of drug-likeness (QED) is 0.174. The zero-order chi connectivity index (χ0) is 35.0. The summed E-state index contributed by atoms with van der Waals surface area (Å²) in [6, 6.07) is 63.4. The van der Waals surface area contributed by atoms with Crippen molar-refractivity contribution in [3.05, 3.63) is 188 Å². The number of para-hydroxylation sites is 4. The summed E-state index contributed by atoms with van der Waals surface area (Å²) in [7, 11) is 0. The largest absolute Gasteiger partial charge is 0.309 e. The van der Waals surface area contributed by atoms with Crippen LogP contribution in [0.5, 0.6) is 0 Å². The highest BCUT2D eigenvalue weighted by Gasteiger charge is 2.25. The number of hydrogen-bond acceptors (Lipinski definition) is 2. The highest BCUT2D eigenvalue weighted by atomic mass is 32.1. The second kappa shape index (κ2) is 11.7. The Morgan fingerprint density at radius 3 is 1.89 bits per heavy atom. The molecule has 250 valence electrons. The van der Waals surface area contributed by atoms with Crippen LogP contribution in [0.25, 0.3) is 75.2 Å². The lowest BCUT2D eigenvalue weighted by atomic mass is 10.1. The molecule has 3 nitrogen and oxygen atoms in total. The second-order valence-electron chi connectivity index (χ2n) is 13.5. The molecule has 0 aliphatic heterocycles. The minimum Gasteiger partial charge on any atom is -0.309 e. The van der Waals surface area contributed by atoms with Gasteiger partial charge in [0.05, 0.1) is 33.4 Å². The molecule has 0 aliphatic carbocycles. The monoisotopic (exact) mass is 699 g/mol. The lowest BCUT2D eigenvalue weighted by Crippen LogP contribution is -2.12. The molecule has 0 fully saturated rings. The van der Waals surface area contributed by atoms with Crippen LogP contribution in [-0.4, -0.2) is 9.13 Å². The van der Waals surface area contributed by atoms with E-state index >= 15 is 4.39 Å². The molecule has 0 spiro atoms. The predicted molar refractivity (Wildman–Crippen MR) is 223 cm³/mol. The molecule has 0 unspecified atom stereocenters. The molecule has 0 saturated carbocycles. The van der Waals surface area contributed by atoms with Crippen LogP contribution in [0.1, 0.15) is 0 Å². The number of benzene rings is 8. The Morgan fingerprint density at radius 1 is 0.415 bits per heavy atom. The van der Waals surface area contributed by atoms with E-state index in [1.54, 1.807) is 12.1 Å². The summed E-state index contributed by atoms with van der Waals surface area (Å²) < 4.78 is 22.1. The molecule has 53 heavy (non-hydrogen) atoms. The minimum atomic E-state index is -0.268. The lowest BCUT2D eigenvalue weighted by molar-refractivity contribution is 0.627. The van der Waals surface area contributed by atoms with Gasteiger partial charge in [-0.25, -0.2) is 4.39 Å². The average Bonchev–Trinajstić information content (AvgIpc) is 3.87. The van der Waals surface area contributed by atoms with Gasteiger partial charge >= 0.3 is 0 Å². The minimum absolute atomic E-state index is 0.268. The molecule has 11 aromatic rings. The number of thiophene rings is 1. The van der Waals surface area contributed by atoms with E-state index in [1.807, 2.05) is 17.4 Å². The van der Waals surface area contributed by atoms with Crippen LogP contribution >= 0.6 is 11.3 Å². The van der Waals surface area contributed by atoms with Crippen molar-refractivity contribution in [2.24, 2.45) is 0 Å². The summed E-state index contributed by atoms with van der Waals surface area (Å²) in [5, 5.41) is 7.03. The molecule has 0 saturated heterocycles. The molecule has 5 heteroatoms. The van der Waals surface area contributed by atoms with Gasteiger partial charge in [0.2, 0.25) is 0 Å². The third kappa shape index (κ3) is 4.51. The summed E-state index contributed by atoms with van der Waals surface area (Å²) in [6.07, 6.45) is 0. The first-order valence-corrected chi connectivity index (χ1v) is 18.6. The van der Waals surface area contributed by atoms with Gasteiger partial charge < -0.3 is 14.0 Å². The topological polar surface area (TPSA) is 13.1 Å². The van der Waals surface area contributed by atoms with E-state index in [0.29, 0.717) is 0 Å². The number of rotatable bonds is 5. The van der Waals surface area contributed by atoms with Crippen molar-refractivity contribution in [1.82, 2.24) is 9.13 Å². The van der Waals surface area contributed by atoms with Crippen LogP contribution in [0.15, 0.2) is 182 Å². The molecular formula is C48H30FN3S. The molecule has 0 radical (unpaired) electrons. The second-order valence-corrected chi connectivity index (χ2v) is 14.6. The van der Waals surface area contributed by atoms with E-state index in [4.69, 9.17) is 0 Å². The van der Waals surface area contributed by atoms with Crippen LogP contribution in [0.2, 0.25) is 0 Å². The predicted octanol–water partition coefficient (Wildman–Crippen LogP) is 13.9. The fourth-order valence-electron chi connectivity index (χ4n) is 8.37. The third-order valence-corrected chi connectivity index (χ3v) is 11.7. The highest BCUT2D eigenvalue weighted by molar-refractivity contribution is 7.25. The van der Waals surface area contributed by atoms with Gasteiger partial charge in [-0.3, -0.25) is 0 Å². The Morgan fingerprint density at radius 2 is 1.04 bits per heavy atom. The Kier molecular flexibility index (Phi) is 6.60. The number of fused-ring (bicyclic) bond motifs is 9. The number of aromatic nitrogens is 2. The third-order valence-electron chi connectivity index (χ3n) is 10.5. The van der Waals surface area contributed by atoms with Gasteiger partial charge in [0.25, 0.3) is 0 Å². The maximum atomic E-state index is 15.0. The number of hydrogen-bond donors (Lipinski definition) is 0. The Labute approximate surface area is 308 Å². The molecule has 8 aromatic carbocycles. The van der Waals surface area contributed by atoms with Crippen molar-refractivity contribution in [2.75, 3.05) is 4.90 Å². The van der Waals surface area contributed by atoms with E-state index < -0.39 is 0 Å². The van der Waals surface area contributed by atoms with Crippen molar-refractivity contribution >= 4 is 92.2 Å². The van der Waals surface area contributed by atoms with E-state index in [0.717, 1.165) is 66.7 Å². The van der Waals surface area contributed by atoms with Crippen molar-refractivity contribution in [3.8, 4) is 11.4 Å². The molecule has 3 aromatic heterocycles. The van der Waals surface area contributed by atoms with Gasteiger partial charge in [0.1, 0.15) is 5.82 Å². The van der Waals surface area contributed by atoms with Crippen LogP contribution in [0.3, 0.4) is 0 Å². The molecule has 3 heterocycles. The van der Waals surface area contributed by atoms with Gasteiger partial charge in [-0.1, -0.05) is 97.1 Å². The van der Waals surface area contributed by atoms with Crippen LogP contribution in [-0.2, 0) is 0 Å². The van der Waals surface area contributed by atoms with Gasteiger partial charge in [-0.15, -0.1) is 11.3 Å². The SMILES string of the molecule is Fc1cccc(-n2c3ccccc3c3cccc(N(c4ccc5sc6ccccc6c5c4)c4cccc5c4c4ccccc4n5-c4ccccc4)c32)c1. The first-order valence-electron chi connectivity index (χ1n) is 17.8. The first kappa shape index (κ1) is 30.0. The van der Waals surface area contributed by atoms with Gasteiger partial charge in [-0.2, -0.15) is 0 Å². The summed E-state index contributed by atoms with van der Waals surface area (Å²) in [4.78, 5) is 2.42. The molecule has 0 amide bonds. The molecule has 0 N–H and O–H groups in total. The summed E-state index contributed by atoms with van der Waals surface area (Å²) in [5.74, 6) is -0.268. The zero-order valence-electron chi connectivity index (χ0n) is 28.4. The van der Waals surface area contributed by atoms with E-state index in [1.165, 1.54) is 31.6 Å². The van der Waals surface area contributed by atoms with Crippen molar-refractivity contribution in [2.45, 2.75) is 0 Å². The summed E-state index contributed by atoms with van der Waals surface area (Å²) >= 11 is 1.82. The van der Waals surface area contributed by atoms with Gasteiger partial charge in [0.15, 0.2) is 0 Å². The molecule has 0 atom stereocenters. The van der Waals surface area contributed by atoms with Crippen molar-refractivity contribution < 1.29 is 4.39 Å². The first-order chi connectivity index (χ1) is 26.2. The van der Waals surface area contributed by atoms with Gasteiger partial charge in [-0.05, 0) is 84.9 Å². The standard InChI is InChI=1S/C48H30FN3S/c49-31-13-10-16-33(29-31)52-40-21-7-4-17-35(40)37-20-11-25-44(48(37)52)51(34-27-28-46-39(30-34)36-18-6-9-26-45(36)53-46)43-24-12-23-42-47(43)38-19-5-8-22-41(38)50(42)32-14-2-1-3-15-32/h1-30H. The highest BCUT2D eigenvalue weighted by Crippen LogP contribution is 2.48. The molecule has 0 aliphatic rings. The zero-order valence-corrected chi connectivity index (χ0v) is 29.3. The normalized spacial score (nSPS) is 11.9. The summed E-state index contributed by atoms with van der Waals surface area (Å²) in [5.41, 5.74) is 9.32. The van der Waals surface area contributed by atoms with Crippen LogP contribution < -0.4 is 4.90 Å². The molecule has 0 bridgehead atoms. The van der Waals surface area contributed by atoms with Crippen LogP contribution in [0, 0.1) is 5.82 Å². The van der Waals surface area contributed by atoms with Crippen molar-refractivity contribution in [3.63, 3.8) is 0 Å². The number of anilines is 3. The molecule has 11 rings (SSSR count). The number of nitrogens with zero attached hydrogens (tertiary/aromatic N) is 3. The lowest BCUT2D eigenvalue weighted by Gasteiger charge is -2.28. The van der Waals surface area contributed by atoms with Gasteiger partial charge in [0, 0.05) is 58.8 Å². The maximum absolute atomic E-state index is 15.0. The fraction of sp³-hybridized carbons (Fsp3) is 0. The molecular weight excluding hydrogens is 670 g/mol. The maximum Gasteiger partial charge on any atom is 0.125 e. The van der Waals surface area contributed by atoms with Crippen LogP contribution in [0.4, 0.5) is 21.5 Å². The fourth-order valence-corrected chi connectivity index (χ4v) is 9.45.